The molecule has 83 valence electrons. The predicted molar refractivity (Wildman–Crippen MR) is 74.4 cm³/mol. The molecule has 18 heavy (non-hydrogen) atoms. The van der Waals surface area contributed by atoms with Crippen LogP contribution in [0.25, 0.3) is 32.3 Å². The van der Waals surface area contributed by atoms with Crippen LogP contribution in [0, 0.1) is 6.07 Å². The smallest absolute Gasteiger partial charge is 0.150 e. The molecule has 0 aliphatic carbocycles. The molecule has 0 unspecified atom stereocenters. The van der Waals surface area contributed by atoms with Gasteiger partial charge in [0.2, 0.25) is 0 Å². The van der Waals surface area contributed by atoms with Gasteiger partial charge in [-0.15, -0.1) is 0 Å². The standard InChI is InChI=1S/C17H9O/c18-10-14-9-13-5-1-3-11-7-8-12-4-2-6-15(14)17(12)16(11)13/h1-5,7-10H. The zero-order chi connectivity index (χ0) is 12.1. The van der Waals surface area contributed by atoms with Gasteiger partial charge in [0.05, 0.1) is 0 Å². The van der Waals surface area contributed by atoms with Crippen LogP contribution in [0.1, 0.15) is 10.4 Å². The molecule has 0 aliphatic heterocycles. The van der Waals surface area contributed by atoms with Crippen LogP contribution in [-0.2, 0) is 0 Å². The second-order valence-corrected chi connectivity index (χ2v) is 4.55. The molecule has 0 heterocycles. The van der Waals surface area contributed by atoms with E-state index in [2.05, 4.69) is 30.3 Å². The fraction of sp³-hybridized carbons (Fsp3) is 0. The van der Waals surface area contributed by atoms with Gasteiger partial charge in [0, 0.05) is 10.9 Å². The first-order chi connectivity index (χ1) is 8.88. The Labute approximate surface area is 104 Å². The monoisotopic (exact) mass is 229 g/mol. The van der Waals surface area contributed by atoms with Crippen LogP contribution < -0.4 is 0 Å². The van der Waals surface area contributed by atoms with Crippen LogP contribution in [0.5, 0.6) is 0 Å². The molecule has 0 amide bonds. The first kappa shape index (κ1) is 9.60. The van der Waals surface area contributed by atoms with Crippen molar-refractivity contribution in [2.45, 2.75) is 0 Å². The molecule has 0 N–H and O–H groups in total. The lowest BCUT2D eigenvalue weighted by Gasteiger charge is -2.11. The van der Waals surface area contributed by atoms with E-state index in [-0.39, 0.29) is 0 Å². The van der Waals surface area contributed by atoms with E-state index in [0.29, 0.717) is 5.56 Å². The summed E-state index contributed by atoms with van der Waals surface area (Å²) in [4.78, 5) is 11.2. The molecule has 0 aliphatic rings. The summed E-state index contributed by atoms with van der Waals surface area (Å²) in [5.74, 6) is 0. The summed E-state index contributed by atoms with van der Waals surface area (Å²) in [5.41, 5.74) is 0.715. The van der Waals surface area contributed by atoms with Crippen molar-refractivity contribution in [1.82, 2.24) is 0 Å². The normalized spacial score (nSPS) is 11.6. The number of carbonyl (C=O) groups excluding carboxylic acids is 1. The van der Waals surface area contributed by atoms with E-state index < -0.39 is 0 Å². The molecule has 0 bridgehead atoms. The Hall–Kier alpha value is -2.41. The Bertz CT molecular complexity index is 890. The van der Waals surface area contributed by atoms with Gasteiger partial charge in [-0.25, -0.2) is 0 Å². The Morgan fingerprint density at radius 2 is 1.67 bits per heavy atom. The minimum absolute atomic E-state index is 0.715. The third-order valence-electron chi connectivity index (χ3n) is 3.58. The summed E-state index contributed by atoms with van der Waals surface area (Å²) in [6, 6.07) is 19.5. The zero-order valence-corrected chi connectivity index (χ0v) is 9.60. The molecule has 0 fully saturated rings. The SMILES string of the molecule is O=Cc1cc2cccc3ccc4cc[c]c1c4c32. The van der Waals surface area contributed by atoms with Gasteiger partial charge >= 0.3 is 0 Å². The molecular formula is C17H9O. The number of hydrogen-bond acceptors (Lipinski definition) is 1. The van der Waals surface area contributed by atoms with Crippen LogP contribution in [0.2, 0.25) is 0 Å². The van der Waals surface area contributed by atoms with Crippen molar-refractivity contribution < 1.29 is 4.79 Å². The Morgan fingerprint density at radius 1 is 0.889 bits per heavy atom. The van der Waals surface area contributed by atoms with Crippen LogP contribution in [0.3, 0.4) is 0 Å². The minimum atomic E-state index is 0.715. The fourth-order valence-corrected chi connectivity index (χ4v) is 2.80. The molecule has 0 atom stereocenters. The van der Waals surface area contributed by atoms with E-state index in [1.165, 1.54) is 10.8 Å². The zero-order valence-electron chi connectivity index (χ0n) is 9.60. The summed E-state index contributed by atoms with van der Waals surface area (Å²) in [6.07, 6.45) is 0.917. The van der Waals surface area contributed by atoms with E-state index >= 15 is 0 Å². The number of aldehydes is 1. The lowest BCUT2D eigenvalue weighted by molar-refractivity contribution is 0.112. The van der Waals surface area contributed by atoms with E-state index in [1.54, 1.807) is 0 Å². The Morgan fingerprint density at radius 3 is 2.50 bits per heavy atom. The highest BCUT2D eigenvalue weighted by Gasteiger charge is 2.10. The molecule has 0 spiro atoms. The Kier molecular flexibility index (Phi) is 1.76. The van der Waals surface area contributed by atoms with Crippen molar-refractivity contribution in [2.75, 3.05) is 0 Å². The van der Waals surface area contributed by atoms with Gasteiger partial charge < -0.3 is 0 Å². The molecule has 1 nitrogen and oxygen atoms in total. The van der Waals surface area contributed by atoms with Crippen molar-refractivity contribution in [1.29, 1.82) is 0 Å². The highest BCUT2D eigenvalue weighted by Crippen LogP contribution is 2.35. The summed E-state index contributed by atoms with van der Waals surface area (Å²) < 4.78 is 0. The first-order valence-corrected chi connectivity index (χ1v) is 5.92. The van der Waals surface area contributed by atoms with Crippen molar-refractivity contribution in [3.8, 4) is 0 Å². The van der Waals surface area contributed by atoms with E-state index in [9.17, 15) is 4.79 Å². The van der Waals surface area contributed by atoms with Crippen LogP contribution in [0.4, 0.5) is 0 Å². The van der Waals surface area contributed by atoms with Gasteiger partial charge in [0.25, 0.3) is 0 Å². The fourth-order valence-electron chi connectivity index (χ4n) is 2.80. The molecule has 0 aromatic heterocycles. The molecule has 1 radical (unpaired) electrons. The summed E-state index contributed by atoms with van der Waals surface area (Å²) in [7, 11) is 0. The second kappa shape index (κ2) is 3.30. The minimum Gasteiger partial charge on any atom is -0.298 e. The number of hydrogen-bond donors (Lipinski definition) is 0. The number of rotatable bonds is 1. The van der Waals surface area contributed by atoms with Crippen molar-refractivity contribution in [3.63, 3.8) is 0 Å². The highest BCUT2D eigenvalue weighted by molar-refractivity contribution is 6.25. The number of carbonyl (C=O) groups is 1. The van der Waals surface area contributed by atoms with Crippen molar-refractivity contribution in [2.24, 2.45) is 0 Å². The average Bonchev–Trinajstić information content (AvgIpc) is 2.44. The first-order valence-electron chi connectivity index (χ1n) is 5.92. The van der Waals surface area contributed by atoms with Crippen LogP contribution in [-0.4, -0.2) is 6.29 Å². The van der Waals surface area contributed by atoms with Crippen molar-refractivity contribution >= 4 is 38.6 Å². The Balaban J connectivity index is 2.47. The summed E-state index contributed by atoms with van der Waals surface area (Å²) in [6.45, 7) is 0. The predicted octanol–water partition coefficient (Wildman–Crippen LogP) is 4.20. The summed E-state index contributed by atoms with van der Waals surface area (Å²) in [5, 5.41) is 6.79. The largest absolute Gasteiger partial charge is 0.298 e. The molecule has 4 rings (SSSR count). The van der Waals surface area contributed by atoms with Gasteiger partial charge in [-0.05, 0) is 39.1 Å². The molecule has 4 aromatic rings. The van der Waals surface area contributed by atoms with Gasteiger partial charge in [-0.1, -0.05) is 42.5 Å². The van der Waals surface area contributed by atoms with Gasteiger partial charge in [-0.2, -0.15) is 0 Å². The van der Waals surface area contributed by atoms with E-state index in [4.69, 9.17) is 0 Å². The quantitative estimate of drug-likeness (QED) is 0.353. The molecular weight excluding hydrogens is 220 g/mol. The molecule has 1 heteroatoms. The maximum Gasteiger partial charge on any atom is 0.150 e. The molecule has 4 aromatic carbocycles. The van der Waals surface area contributed by atoms with Gasteiger partial charge in [0.1, 0.15) is 0 Å². The highest BCUT2D eigenvalue weighted by atomic mass is 16.1. The molecule has 0 saturated carbocycles. The van der Waals surface area contributed by atoms with E-state index in [0.717, 1.165) is 27.8 Å². The third kappa shape index (κ3) is 1.08. The van der Waals surface area contributed by atoms with Crippen LogP contribution in [0.15, 0.2) is 48.5 Å². The number of benzene rings is 4. The maximum atomic E-state index is 11.2. The average molecular weight is 229 g/mol. The molecule has 0 saturated heterocycles. The topological polar surface area (TPSA) is 17.1 Å². The summed E-state index contributed by atoms with van der Waals surface area (Å²) >= 11 is 0. The second-order valence-electron chi connectivity index (χ2n) is 4.55. The van der Waals surface area contributed by atoms with Crippen LogP contribution >= 0.6 is 0 Å². The lowest BCUT2D eigenvalue weighted by Crippen LogP contribution is -1.89. The third-order valence-corrected chi connectivity index (χ3v) is 3.58. The van der Waals surface area contributed by atoms with Gasteiger partial charge in [-0.3, -0.25) is 4.79 Å². The van der Waals surface area contributed by atoms with E-state index in [1.807, 2.05) is 24.3 Å². The maximum absolute atomic E-state index is 11.2. The lowest BCUT2D eigenvalue weighted by atomic mass is 9.92. The van der Waals surface area contributed by atoms with Gasteiger partial charge in [0.15, 0.2) is 6.29 Å². The van der Waals surface area contributed by atoms with Crippen molar-refractivity contribution in [3.05, 3.63) is 60.2 Å².